The van der Waals surface area contributed by atoms with Crippen molar-refractivity contribution in [1.29, 1.82) is 0 Å². The Hall–Kier alpha value is -1.18. The zero-order chi connectivity index (χ0) is 7.84. The van der Waals surface area contributed by atoms with E-state index in [0.717, 1.165) is 18.0 Å². The predicted molar refractivity (Wildman–Crippen MR) is 45.9 cm³/mol. The molecule has 0 saturated heterocycles. The van der Waals surface area contributed by atoms with E-state index in [1.807, 2.05) is 6.92 Å². The molecule has 0 fully saturated rings. The van der Waals surface area contributed by atoms with Crippen LogP contribution in [-0.2, 0) is 0 Å². The highest BCUT2D eigenvalue weighted by Crippen LogP contribution is 2.13. The maximum atomic E-state index is 4.37. The minimum absolute atomic E-state index is 0.968. The van der Waals surface area contributed by atoms with Gasteiger partial charge in [-0.25, -0.2) is 4.58 Å². The van der Waals surface area contributed by atoms with Gasteiger partial charge in [-0.1, -0.05) is 6.08 Å². The average Bonchev–Trinajstić information content (AvgIpc) is 2.27. The minimum atomic E-state index is 0.968. The first-order valence-corrected chi connectivity index (χ1v) is 3.82. The van der Waals surface area contributed by atoms with Crippen LogP contribution >= 0.6 is 0 Å². The van der Waals surface area contributed by atoms with Crippen LogP contribution in [0.3, 0.4) is 0 Å². The molecule has 0 radical (unpaired) electrons. The van der Waals surface area contributed by atoms with Crippen LogP contribution in [0.5, 0.6) is 0 Å². The average molecular weight is 147 g/mol. The van der Waals surface area contributed by atoms with Gasteiger partial charge in [-0.05, 0) is 17.5 Å². The van der Waals surface area contributed by atoms with Crippen molar-refractivity contribution in [2.45, 2.75) is 20.3 Å². The molecule has 2 aliphatic heterocycles. The first kappa shape index (κ1) is 6.53. The molecule has 0 spiro atoms. The van der Waals surface area contributed by atoms with Crippen LogP contribution in [0.4, 0.5) is 0 Å². The van der Waals surface area contributed by atoms with Gasteiger partial charge in [0.15, 0.2) is 5.70 Å². The second-order valence-corrected chi connectivity index (χ2v) is 2.99. The molecule has 0 bridgehead atoms. The highest BCUT2D eigenvalue weighted by Gasteiger charge is 2.22. The quantitative estimate of drug-likeness (QED) is 0.463. The second kappa shape index (κ2) is 2.16. The molecule has 0 aromatic rings. The zero-order valence-corrected chi connectivity index (χ0v) is 6.83. The van der Waals surface area contributed by atoms with Gasteiger partial charge in [-0.15, -0.1) is 0 Å². The molecule has 2 aliphatic rings. The van der Waals surface area contributed by atoms with Crippen LogP contribution in [0.1, 0.15) is 20.3 Å². The van der Waals surface area contributed by atoms with E-state index in [-0.39, 0.29) is 0 Å². The van der Waals surface area contributed by atoms with E-state index in [0.29, 0.717) is 0 Å². The summed E-state index contributed by atoms with van der Waals surface area (Å²) in [6, 6.07) is 0. The third-order valence-corrected chi connectivity index (χ3v) is 1.88. The zero-order valence-electron chi connectivity index (χ0n) is 6.83. The van der Waals surface area contributed by atoms with Gasteiger partial charge >= 0.3 is 5.84 Å². The minimum Gasteiger partial charge on any atom is -0.202 e. The molecule has 0 unspecified atom stereocenters. The third-order valence-electron chi connectivity index (χ3n) is 1.88. The molecule has 0 amide bonds. The highest BCUT2D eigenvalue weighted by molar-refractivity contribution is 5.89. The fourth-order valence-corrected chi connectivity index (χ4v) is 1.35. The van der Waals surface area contributed by atoms with Gasteiger partial charge in [0.05, 0.1) is 12.6 Å². The molecule has 0 aliphatic carbocycles. The van der Waals surface area contributed by atoms with Crippen LogP contribution in [0.25, 0.3) is 0 Å². The predicted octanol–water partition coefficient (Wildman–Crippen LogP) is 1.69. The lowest BCUT2D eigenvalue weighted by molar-refractivity contribution is -0.317. The Morgan fingerprint density at radius 1 is 1.45 bits per heavy atom. The van der Waals surface area contributed by atoms with Crippen molar-refractivity contribution in [2.75, 3.05) is 0 Å². The van der Waals surface area contributed by atoms with Crippen LogP contribution in [0, 0.1) is 0 Å². The molecular weight excluding hydrogens is 136 g/mol. The maximum absolute atomic E-state index is 4.37. The van der Waals surface area contributed by atoms with Crippen LogP contribution in [0.2, 0.25) is 0 Å². The molecule has 0 saturated carbocycles. The van der Waals surface area contributed by atoms with E-state index in [1.54, 1.807) is 0 Å². The van der Waals surface area contributed by atoms with Gasteiger partial charge in [-0.3, -0.25) is 0 Å². The normalized spacial score (nSPS) is 21.6. The summed E-state index contributed by atoms with van der Waals surface area (Å²) in [6.07, 6.45) is 7.34. The number of rotatable bonds is 0. The number of hydrogen-bond donors (Lipinski definition) is 0. The van der Waals surface area contributed by atoms with E-state index >= 15 is 0 Å². The molecule has 0 N–H and O–H groups in total. The summed E-state index contributed by atoms with van der Waals surface area (Å²) in [4.78, 5) is 4.37. The Balaban J connectivity index is 2.43. The number of amidine groups is 1. The summed E-state index contributed by atoms with van der Waals surface area (Å²) < 4.78 is 2.10. The van der Waals surface area contributed by atoms with Crippen molar-refractivity contribution in [1.82, 2.24) is 0 Å². The fraction of sp³-hybridized carbons (Fsp3) is 0.333. The molecule has 0 aromatic carbocycles. The van der Waals surface area contributed by atoms with Crippen molar-refractivity contribution in [2.24, 2.45) is 4.99 Å². The van der Waals surface area contributed by atoms with E-state index in [9.17, 15) is 0 Å². The van der Waals surface area contributed by atoms with E-state index < -0.39 is 0 Å². The molecule has 0 atom stereocenters. The molecule has 56 valence electrons. The van der Waals surface area contributed by atoms with Crippen molar-refractivity contribution in [3.05, 3.63) is 23.5 Å². The van der Waals surface area contributed by atoms with Gasteiger partial charge in [-0.2, -0.15) is 0 Å². The molecular formula is C9H11N2+. The summed E-state index contributed by atoms with van der Waals surface area (Å²) in [7, 11) is 0. The van der Waals surface area contributed by atoms with Crippen molar-refractivity contribution >= 4 is 12.1 Å². The van der Waals surface area contributed by atoms with Crippen LogP contribution in [0.15, 0.2) is 28.5 Å². The Morgan fingerprint density at radius 2 is 2.27 bits per heavy atom. The standard InChI is InChI=1S/C9H11N2/c1-7-3-4-9-10-8(2)6-11(9)5-7/h3,5-6H,4H2,1-2H3/q+1. The Bertz CT molecular complexity index is 316. The molecule has 11 heavy (non-hydrogen) atoms. The molecule has 2 heterocycles. The van der Waals surface area contributed by atoms with Crippen molar-refractivity contribution in [3.63, 3.8) is 0 Å². The maximum Gasteiger partial charge on any atom is 0.307 e. The number of allylic oxidation sites excluding steroid dienone is 2. The summed E-state index contributed by atoms with van der Waals surface area (Å²) in [5, 5.41) is 0. The number of nitrogens with zero attached hydrogens (tertiary/aromatic N) is 2. The van der Waals surface area contributed by atoms with Crippen molar-refractivity contribution < 1.29 is 4.58 Å². The van der Waals surface area contributed by atoms with Gasteiger partial charge in [0, 0.05) is 6.92 Å². The fourth-order valence-electron chi connectivity index (χ4n) is 1.35. The lowest BCUT2D eigenvalue weighted by Gasteiger charge is -2.01. The van der Waals surface area contributed by atoms with E-state index in [4.69, 9.17) is 0 Å². The van der Waals surface area contributed by atoms with Crippen LogP contribution in [-0.4, -0.2) is 16.6 Å². The van der Waals surface area contributed by atoms with E-state index in [1.165, 1.54) is 5.57 Å². The van der Waals surface area contributed by atoms with Crippen molar-refractivity contribution in [3.8, 4) is 0 Å². The lowest BCUT2D eigenvalue weighted by atomic mass is 10.2. The molecule has 2 nitrogen and oxygen atoms in total. The first-order chi connectivity index (χ1) is 5.25. The monoisotopic (exact) mass is 147 g/mol. The van der Waals surface area contributed by atoms with E-state index in [2.05, 4.69) is 35.0 Å². The third kappa shape index (κ3) is 1.04. The summed E-state index contributed by atoms with van der Waals surface area (Å²) >= 11 is 0. The first-order valence-electron chi connectivity index (χ1n) is 3.82. The highest BCUT2D eigenvalue weighted by atomic mass is 15.1. The molecule has 2 heteroatoms. The molecule has 2 rings (SSSR count). The molecule has 0 aromatic heterocycles. The van der Waals surface area contributed by atoms with Gasteiger partial charge in [0.2, 0.25) is 0 Å². The summed E-state index contributed by atoms with van der Waals surface area (Å²) in [5.41, 5.74) is 2.41. The topological polar surface area (TPSA) is 15.4 Å². The summed E-state index contributed by atoms with van der Waals surface area (Å²) in [5.74, 6) is 1.15. The summed E-state index contributed by atoms with van der Waals surface area (Å²) in [6.45, 7) is 4.13. The largest absolute Gasteiger partial charge is 0.307 e. The Kier molecular flexibility index (Phi) is 1.28. The number of fused-ring (bicyclic) bond motifs is 1. The Labute approximate surface area is 66.3 Å². The van der Waals surface area contributed by atoms with Gasteiger partial charge < -0.3 is 0 Å². The van der Waals surface area contributed by atoms with Gasteiger partial charge in [0.25, 0.3) is 0 Å². The number of hydrogen-bond acceptors (Lipinski definition) is 1. The van der Waals surface area contributed by atoms with Gasteiger partial charge in [0.1, 0.15) is 6.20 Å². The smallest absolute Gasteiger partial charge is 0.202 e. The SMILES string of the molecule is CC1=CCC2=NC(C)=C[N+]2=C1. The van der Waals surface area contributed by atoms with Crippen LogP contribution < -0.4 is 0 Å². The lowest BCUT2D eigenvalue weighted by Crippen LogP contribution is -2.16. The Morgan fingerprint density at radius 3 is 3.09 bits per heavy atom. The second-order valence-electron chi connectivity index (χ2n) is 2.99. The number of aliphatic imine (C=N–C) groups is 1.